The average molecular weight is 409 g/mol. The first-order chi connectivity index (χ1) is 14.3. The molecule has 2 aromatic carbocycles. The summed E-state index contributed by atoms with van der Waals surface area (Å²) in [6.07, 6.45) is -0.711. The van der Waals surface area contributed by atoms with E-state index in [0.717, 1.165) is 11.1 Å². The zero-order valence-electron chi connectivity index (χ0n) is 17.7. The molecule has 0 saturated heterocycles. The number of ether oxygens (including phenoxy) is 1. The van der Waals surface area contributed by atoms with E-state index in [9.17, 15) is 14.4 Å². The summed E-state index contributed by atoms with van der Waals surface area (Å²) in [5.41, 5.74) is 2.57. The lowest BCUT2D eigenvalue weighted by Gasteiger charge is -2.35. The third-order valence-corrected chi connectivity index (χ3v) is 5.03. The van der Waals surface area contributed by atoms with E-state index in [1.54, 1.807) is 37.2 Å². The Labute approximate surface area is 176 Å². The minimum atomic E-state index is -0.780. The van der Waals surface area contributed by atoms with Crippen LogP contribution in [0, 0.1) is 6.92 Å². The van der Waals surface area contributed by atoms with Crippen molar-refractivity contribution in [1.82, 2.24) is 10.2 Å². The van der Waals surface area contributed by atoms with Crippen LogP contribution in [0.4, 0.5) is 5.69 Å². The van der Waals surface area contributed by atoms with Crippen molar-refractivity contribution in [3.05, 3.63) is 59.7 Å². The van der Waals surface area contributed by atoms with E-state index in [1.165, 1.54) is 11.8 Å². The fourth-order valence-electron chi connectivity index (χ4n) is 3.47. The van der Waals surface area contributed by atoms with Gasteiger partial charge in [0.2, 0.25) is 11.8 Å². The highest BCUT2D eigenvalue weighted by molar-refractivity contribution is 5.97. The van der Waals surface area contributed by atoms with Crippen molar-refractivity contribution in [3.8, 4) is 5.75 Å². The summed E-state index contributed by atoms with van der Waals surface area (Å²) in [6.45, 7) is 3.53. The van der Waals surface area contributed by atoms with Crippen LogP contribution in [0.25, 0.3) is 0 Å². The molecule has 1 aliphatic rings. The Balaban J connectivity index is 1.88. The maximum Gasteiger partial charge on any atom is 0.265 e. The Kier molecular flexibility index (Phi) is 6.40. The number of likely N-dealkylation sites (N-methyl/N-ethyl adjacent to an activating group) is 1. The van der Waals surface area contributed by atoms with E-state index >= 15 is 0 Å². The molecule has 2 aromatic rings. The van der Waals surface area contributed by atoms with E-state index in [4.69, 9.17) is 4.74 Å². The van der Waals surface area contributed by atoms with Gasteiger partial charge < -0.3 is 19.9 Å². The summed E-state index contributed by atoms with van der Waals surface area (Å²) >= 11 is 0. The Bertz CT molecular complexity index is 940. The SMILES string of the molecule is CC(=O)N[C@@H](CC(=O)N1C[C@@H](C(=O)N(C)C)Oc2ccccc21)c1ccc(C)cc1. The third-order valence-electron chi connectivity index (χ3n) is 5.03. The highest BCUT2D eigenvalue weighted by Gasteiger charge is 2.35. The molecule has 0 aliphatic carbocycles. The number of hydrogen-bond donors (Lipinski definition) is 1. The highest BCUT2D eigenvalue weighted by Crippen LogP contribution is 2.34. The van der Waals surface area contributed by atoms with E-state index in [2.05, 4.69) is 5.32 Å². The number of anilines is 1. The van der Waals surface area contributed by atoms with Crippen LogP contribution in [0.3, 0.4) is 0 Å². The lowest BCUT2D eigenvalue weighted by Crippen LogP contribution is -2.51. The molecule has 3 amide bonds. The van der Waals surface area contributed by atoms with Crippen molar-refractivity contribution in [1.29, 1.82) is 0 Å². The molecule has 0 radical (unpaired) electrons. The third kappa shape index (κ3) is 4.79. The van der Waals surface area contributed by atoms with Crippen LogP contribution in [0.15, 0.2) is 48.5 Å². The molecule has 1 aliphatic heterocycles. The van der Waals surface area contributed by atoms with Crippen molar-refractivity contribution >= 4 is 23.4 Å². The molecule has 30 heavy (non-hydrogen) atoms. The van der Waals surface area contributed by atoms with E-state index < -0.39 is 12.1 Å². The molecule has 2 atom stereocenters. The van der Waals surface area contributed by atoms with Gasteiger partial charge in [0.25, 0.3) is 5.91 Å². The Morgan fingerprint density at radius 2 is 1.80 bits per heavy atom. The van der Waals surface area contributed by atoms with Crippen LogP contribution in [0.1, 0.15) is 30.5 Å². The van der Waals surface area contributed by atoms with Gasteiger partial charge in [-0.3, -0.25) is 14.4 Å². The maximum absolute atomic E-state index is 13.3. The molecule has 0 fully saturated rings. The quantitative estimate of drug-likeness (QED) is 0.823. The predicted molar refractivity (Wildman–Crippen MR) is 114 cm³/mol. The number of fused-ring (bicyclic) bond motifs is 1. The molecular weight excluding hydrogens is 382 g/mol. The van der Waals surface area contributed by atoms with Gasteiger partial charge in [0.15, 0.2) is 6.10 Å². The van der Waals surface area contributed by atoms with Gasteiger partial charge >= 0.3 is 0 Å². The molecule has 0 aromatic heterocycles. The van der Waals surface area contributed by atoms with Crippen LogP contribution in [0.2, 0.25) is 0 Å². The molecule has 0 saturated carbocycles. The van der Waals surface area contributed by atoms with Gasteiger partial charge in [-0.1, -0.05) is 42.0 Å². The van der Waals surface area contributed by atoms with Crippen LogP contribution in [0.5, 0.6) is 5.75 Å². The topological polar surface area (TPSA) is 79.0 Å². The number of carbonyl (C=O) groups is 3. The molecule has 0 unspecified atom stereocenters. The second kappa shape index (κ2) is 8.98. The maximum atomic E-state index is 13.3. The molecule has 1 N–H and O–H groups in total. The lowest BCUT2D eigenvalue weighted by atomic mass is 10.0. The number of benzene rings is 2. The smallest absolute Gasteiger partial charge is 0.265 e. The monoisotopic (exact) mass is 409 g/mol. The van der Waals surface area contributed by atoms with Crippen LogP contribution >= 0.6 is 0 Å². The first-order valence-corrected chi connectivity index (χ1v) is 9.87. The van der Waals surface area contributed by atoms with Crippen molar-refractivity contribution in [2.24, 2.45) is 0 Å². The highest BCUT2D eigenvalue weighted by atomic mass is 16.5. The molecular formula is C23H27N3O4. The van der Waals surface area contributed by atoms with Gasteiger partial charge in [-0.2, -0.15) is 0 Å². The van der Waals surface area contributed by atoms with Crippen molar-refractivity contribution in [3.63, 3.8) is 0 Å². The first-order valence-electron chi connectivity index (χ1n) is 9.87. The normalized spacial score (nSPS) is 16.1. The molecule has 7 heteroatoms. The summed E-state index contributed by atoms with van der Waals surface area (Å²) in [5.74, 6) is -0.124. The number of nitrogens with one attached hydrogen (secondary N) is 1. The average Bonchev–Trinajstić information content (AvgIpc) is 2.72. The predicted octanol–water partition coefficient (Wildman–Crippen LogP) is 2.44. The summed E-state index contributed by atoms with van der Waals surface area (Å²) in [7, 11) is 3.31. The minimum Gasteiger partial charge on any atom is -0.476 e. The van der Waals surface area contributed by atoms with E-state index in [-0.39, 0.29) is 30.7 Å². The number of nitrogens with zero attached hydrogens (tertiary/aromatic N) is 2. The molecule has 0 spiro atoms. The Morgan fingerprint density at radius 1 is 1.13 bits per heavy atom. The number of carbonyl (C=O) groups excluding carboxylic acids is 3. The summed E-state index contributed by atoms with van der Waals surface area (Å²) in [5, 5.41) is 2.87. The Hall–Kier alpha value is -3.35. The first kappa shape index (κ1) is 21.4. The zero-order valence-corrected chi connectivity index (χ0v) is 17.7. The van der Waals surface area contributed by atoms with E-state index in [0.29, 0.717) is 11.4 Å². The number of rotatable bonds is 5. The Morgan fingerprint density at radius 3 is 2.43 bits per heavy atom. The second-order valence-corrected chi connectivity index (χ2v) is 7.68. The summed E-state index contributed by atoms with van der Waals surface area (Å²) in [4.78, 5) is 40.6. The number of para-hydroxylation sites is 2. The zero-order chi connectivity index (χ0) is 21.8. The summed E-state index contributed by atoms with van der Waals surface area (Å²) < 4.78 is 5.85. The number of amides is 3. The fourth-order valence-corrected chi connectivity index (χ4v) is 3.47. The van der Waals surface area contributed by atoms with Crippen LogP contribution in [-0.2, 0) is 14.4 Å². The van der Waals surface area contributed by atoms with Gasteiger partial charge in [-0.05, 0) is 24.6 Å². The molecule has 158 valence electrons. The van der Waals surface area contributed by atoms with Gasteiger partial charge in [0.1, 0.15) is 5.75 Å². The number of hydrogen-bond acceptors (Lipinski definition) is 4. The van der Waals surface area contributed by atoms with Crippen molar-refractivity contribution in [2.45, 2.75) is 32.4 Å². The van der Waals surface area contributed by atoms with E-state index in [1.807, 2.05) is 37.3 Å². The summed E-state index contributed by atoms with van der Waals surface area (Å²) in [6, 6.07) is 14.4. The molecule has 3 rings (SSSR count). The van der Waals surface area contributed by atoms with Gasteiger partial charge in [0.05, 0.1) is 24.7 Å². The standard InChI is InChI=1S/C23H27N3O4/c1-15-9-11-17(12-10-15)18(24-16(2)27)13-22(28)26-14-21(23(29)25(3)4)30-20-8-6-5-7-19(20)26/h5-12,18,21H,13-14H2,1-4H3,(H,24,27)/t18-,21-/m0/s1. The fraction of sp³-hybridized carbons (Fsp3) is 0.348. The lowest BCUT2D eigenvalue weighted by molar-refractivity contribution is -0.136. The van der Waals surface area contributed by atoms with Crippen LogP contribution < -0.4 is 15.0 Å². The minimum absolute atomic E-state index is 0.0693. The number of aryl methyl sites for hydroxylation is 1. The second-order valence-electron chi connectivity index (χ2n) is 7.68. The molecule has 7 nitrogen and oxygen atoms in total. The van der Waals surface area contributed by atoms with Crippen LogP contribution in [-0.4, -0.2) is 49.4 Å². The molecule has 0 bridgehead atoms. The largest absolute Gasteiger partial charge is 0.476 e. The van der Waals surface area contributed by atoms with Gasteiger partial charge in [-0.25, -0.2) is 0 Å². The van der Waals surface area contributed by atoms with Crippen molar-refractivity contribution < 1.29 is 19.1 Å². The van der Waals surface area contributed by atoms with Gasteiger partial charge in [-0.15, -0.1) is 0 Å². The molecule has 1 heterocycles. The van der Waals surface area contributed by atoms with Gasteiger partial charge in [0, 0.05) is 21.0 Å². The van der Waals surface area contributed by atoms with Crippen molar-refractivity contribution in [2.75, 3.05) is 25.5 Å².